The standard InChI is InChI=1S/C40H20F9N3/c41-38(42,43)22-13-16-34-28(19-22)25-8-2-5-11-32(25)51(34)36-18-15-27(24-7-1-4-10-31(24)40(47,48)49)37(30(36)21-50)52-33-12-6-3-9-26(33)29-20-23(39(44,45)46)14-17-35(29)52/h1-20H. The van der Waals surface area contributed by atoms with Crippen LogP contribution in [0.1, 0.15) is 22.3 Å². The van der Waals surface area contributed by atoms with Crippen LogP contribution in [0, 0.1) is 11.3 Å². The molecule has 0 aliphatic rings. The molecule has 0 atom stereocenters. The third-order valence-corrected chi connectivity index (χ3v) is 9.25. The van der Waals surface area contributed by atoms with Gasteiger partial charge < -0.3 is 9.13 Å². The van der Waals surface area contributed by atoms with Gasteiger partial charge in [0, 0.05) is 27.1 Å². The molecule has 8 aromatic rings. The molecule has 8 rings (SSSR count). The molecule has 0 fully saturated rings. The Morgan fingerprint density at radius 2 is 0.923 bits per heavy atom. The van der Waals surface area contributed by atoms with Gasteiger partial charge in [0.25, 0.3) is 0 Å². The predicted octanol–water partition coefficient (Wildman–Crippen LogP) is 12.5. The summed E-state index contributed by atoms with van der Waals surface area (Å²) >= 11 is 0. The van der Waals surface area contributed by atoms with E-state index in [-0.39, 0.29) is 49.9 Å². The summed E-state index contributed by atoms with van der Waals surface area (Å²) < 4.78 is 130. The Balaban J connectivity index is 1.56. The minimum atomic E-state index is -4.83. The van der Waals surface area contributed by atoms with Crippen molar-refractivity contribution in [1.82, 2.24) is 9.13 Å². The third kappa shape index (κ3) is 5.06. The monoisotopic (exact) mass is 713 g/mol. The molecule has 0 N–H and O–H groups in total. The van der Waals surface area contributed by atoms with Crippen molar-refractivity contribution in [2.45, 2.75) is 18.5 Å². The van der Waals surface area contributed by atoms with E-state index in [2.05, 4.69) is 6.07 Å². The maximum absolute atomic E-state index is 14.6. The van der Waals surface area contributed by atoms with Gasteiger partial charge in [0.15, 0.2) is 0 Å². The van der Waals surface area contributed by atoms with Crippen molar-refractivity contribution in [1.29, 1.82) is 5.26 Å². The van der Waals surface area contributed by atoms with Crippen molar-refractivity contribution < 1.29 is 39.5 Å². The number of aromatic nitrogens is 2. The first kappa shape index (κ1) is 33.0. The zero-order chi connectivity index (χ0) is 36.7. The molecule has 0 bridgehead atoms. The second kappa shape index (κ2) is 11.4. The first-order chi connectivity index (χ1) is 24.7. The topological polar surface area (TPSA) is 33.6 Å². The highest BCUT2D eigenvalue weighted by Gasteiger charge is 2.36. The van der Waals surface area contributed by atoms with E-state index in [0.29, 0.717) is 21.8 Å². The van der Waals surface area contributed by atoms with E-state index in [1.165, 1.54) is 47.0 Å². The van der Waals surface area contributed by atoms with Crippen molar-refractivity contribution in [2.75, 3.05) is 0 Å². The minimum Gasteiger partial charge on any atom is -0.308 e. The summed E-state index contributed by atoms with van der Waals surface area (Å²) in [7, 11) is 0. The Hall–Kier alpha value is -6.22. The van der Waals surface area contributed by atoms with Gasteiger partial charge in [-0.1, -0.05) is 60.7 Å². The molecule has 3 nitrogen and oxygen atoms in total. The number of alkyl halides is 9. The molecule has 0 saturated carbocycles. The van der Waals surface area contributed by atoms with Crippen LogP contribution in [0.3, 0.4) is 0 Å². The number of para-hydroxylation sites is 2. The molecule has 0 amide bonds. The second-order valence-corrected chi connectivity index (χ2v) is 12.2. The number of rotatable bonds is 3. The van der Waals surface area contributed by atoms with Gasteiger partial charge in [-0.3, -0.25) is 0 Å². The lowest BCUT2D eigenvalue weighted by Gasteiger charge is -2.22. The smallest absolute Gasteiger partial charge is 0.308 e. The molecule has 2 aromatic heterocycles. The Bertz CT molecular complexity index is 2770. The fourth-order valence-electron chi connectivity index (χ4n) is 7.09. The van der Waals surface area contributed by atoms with Crippen LogP contribution in [0.5, 0.6) is 0 Å². The Kier molecular flexibility index (Phi) is 7.22. The summed E-state index contributed by atoms with van der Waals surface area (Å²) in [5.74, 6) is 0. The molecule has 258 valence electrons. The van der Waals surface area contributed by atoms with E-state index in [1.807, 2.05) is 0 Å². The van der Waals surface area contributed by atoms with E-state index >= 15 is 0 Å². The van der Waals surface area contributed by atoms with Crippen molar-refractivity contribution in [2.24, 2.45) is 0 Å². The van der Waals surface area contributed by atoms with E-state index < -0.39 is 35.2 Å². The quantitative estimate of drug-likeness (QED) is 0.168. The number of hydrogen-bond acceptors (Lipinski definition) is 1. The van der Waals surface area contributed by atoms with E-state index in [1.54, 1.807) is 53.1 Å². The van der Waals surface area contributed by atoms with Gasteiger partial charge in [0.05, 0.1) is 50.1 Å². The Labute approximate surface area is 288 Å². The molecule has 52 heavy (non-hydrogen) atoms. The van der Waals surface area contributed by atoms with Crippen LogP contribution in [0.2, 0.25) is 0 Å². The lowest BCUT2D eigenvalue weighted by Crippen LogP contribution is -2.10. The van der Waals surface area contributed by atoms with Crippen molar-refractivity contribution in [3.05, 3.63) is 144 Å². The highest BCUT2D eigenvalue weighted by atomic mass is 19.4. The van der Waals surface area contributed by atoms with Crippen LogP contribution in [0.4, 0.5) is 39.5 Å². The van der Waals surface area contributed by atoms with Crippen LogP contribution < -0.4 is 0 Å². The normalized spacial score (nSPS) is 12.7. The second-order valence-electron chi connectivity index (χ2n) is 12.2. The van der Waals surface area contributed by atoms with Gasteiger partial charge in [-0.05, 0) is 66.2 Å². The summed E-state index contributed by atoms with van der Waals surface area (Å²) in [5, 5.41) is 12.1. The fraction of sp³-hybridized carbons (Fsp3) is 0.0750. The lowest BCUT2D eigenvalue weighted by atomic mass is 9.94. The zero-order valence-corrected chi connectivity index (χ0v) is 26.3. The van der Waals surface area contributed by atoms with Gasteiger partial charge in [-0.25, -0.2) is 0 Å². The SMILES string of the molecule is N#Cc1c(-n2c3ccccc3c3cc(C(F)(F)F)ccc32)ccc(-c2ccccc2C(F)(F)F)c1-n1c2ccccc2c2cc(C(F)(F)F)ccc21. The van der Waals surface area contributed by atoms with E-state index in [0.717, 1.165) is 30.3 Å². The van der Waals surface area contributed by atoms with Crippen LogP contribution in [-0.4, -0.2) is 9.13 Å². The molecule has 0 saturated heterocycles. The molecule has 0 aliphatic heterocycles. The average molecular weight is 714 g/mol. The van der Waals surface area contributed by atoms with Crippen molar-refractivity contribution >= 4 is 43.6 Å². The Morgan fingerprint density at radius 3 is 1.46 bits per heavy atom. The Morgan fingerprint density at radius 1 is 0.442 bits per heavy atom. The summed E-state index contributed by atoms with van der Waals surface area (Å²) in [6.07, 6.45) is -14.2. The maximum atomic E-state index is 14.6. The van der Waals surface area contributed by atoms with Crippen LogP contribution in [0.25, 0.3) is 66.1 Å². The van der Waals surface area contributed by atoms with E-state index in [4.69, 9.17) is 0 Å². The summed E-state index contributed by atoms with van der Waals surface area (Å²) in [5.41, 5.74) is -2.07. The summed E-state index contributed by atoms with van der Waals surface area (Å²) in [6.45, 7) is 0. The first-order valence-corrected chi connectivity index (χ1v) is 15.6. The maximum Gasteiger partial charge on any atom is 0.417 e. The van der Waals surface area contributed by atoms with Crippen molar-refractivity contribution in [3.63, 3.8) is 0 Å². The van der Waals surface area contributed by atoms with Gasteiger partial charge >= 0.3 is 18.5 Å². The zero-order valence-electron chi connectivity index (χ0n) is 26.3. The number of benzene rings is 6. The number of nitriles is 1. The highest BCUT2D eigenvalue weighted by molar-refractivity contribution is 6.12. The molecule has 6 aromatic carbocycles. The predicted molar refractivity (Wildman–Crippen MR) is 180 cm³/mol. The largest absolute Gasteiger partial charge is 0.417 e. The van der Waals surface area contributed by atoms with Crippen molar-refractivity contribution in [3.8, 4) is 28.6 Å². The highest BCUT2D eigenvalue weighted by Crippen LogP contribution is 2.46. The molecular formula is C40H20F9N3. The van der Waals surface area contributed by atoms with Gasteiger partial charge in [0.2, 0.25) is 0 Å². The third-order valence-electron chi connectivity index (χ3n) is 9.25. The van der Waals surface area contributed by atoms with Gasteiger partial charge in [-0.15, -0.1) is 0 Å². The number of fused-ring (bicyclic) bond motifs is 6. The van der Waals surface area contributed by atoms with Crippen LogP contribution in [-0.2, 0) is 18.5 Å². The van der Waals surface area contributed by atoms with Crippen LogP contribution >= 0.6 is 0 Å². The number of hydrogen-bond donors (Lipinski definition) is 0. The molecular weight excluding hydrogens is 693 g/mol. The molecule has 0 aliphatic carbocycles. The lowest BCUT2D eigenvalue weighted by molar-refractivity contribution is -0.138. The average Bonchev–Trinajstić information content (AvgIpc) is 3.62. The summed E-state index contributed by atoms with van der Waals surface area (Å²) in [4.78, 5) is 0. The minimum absolute atomic E-state index is 0.0455. The number of nitrogens with zero attached hydrogens (tertiary/aromatic N) is 3. The molecule has 0 unspecified atom stereocenters. The van der Waals surface area contributed by atoms with Gasteiger partial charge in [-0.2, -0.15) is 44.8 Å². The van der Waals surface area contributed by atoms with E-state index in [9.17, 15) is 44.8 Å². The van der Waals surface area contributed by atoms with Crippen LogP contribution in [0.15, 0.2) is 121 Å². The first-order valence-electron chi connectivity index (χ1n) is 15.6. The van der Waals surface area contributed by atoms with Gasteiger partial charge in [0.1, 0.15) is 11.6 Å². The summed E-state index contributed by atoms with van der Waals surface area (Å²) in [6, 6.07) is 28.9. The molecule has 2 heterocycles. The molecule has 12 heteroatoms. The fourth-order valence-corrected chi connectivity index (χ4v) is 7.09. The number of halogens is 9. The molecule has 0 radical (unpaired) electrons. The molecule has 0 spiro atoms.